The van der Waals surface area contributed by atoms with Crippen molar-refractivity contribution in [3.05, 3.63) is 40.2 Å². The Morgan fingerprint density at radius 2 is 2.12 bits per heavy atom. The van der Waals surface area contributed by atoms with Crippen LogP contribution in [0.15, 0.2) is 39.1 Å². The largest absolute Gasteiger partial charge is 0.398 e. The van der Waals surface area contributed by atoms with Gasteiger partial charge in [-0.3, -0.25) is 4.79 Å². The summed E-state index contributed by atoms with van der Waals surface area (Å²) in [5, 5.41) is 0.437. The lowest BCUT2D eigenvalue weighted by atomic mass is 10.2. The molecule has 0 unspecified atom stereocenters. The zero-order chi connectivity index (χ0) is 12.4. The number of aryl methyl sites for hydroxylation is 1. The maximum Gasteiger partial charge on any atom is 0.253 e. The van der Waals surface area contributed by atoms with Gasteiger partial charge in [-0.2, -0.15) is 0 Å². The second-order valence-electron chi connectivity index (χ2n) is 3.56. The number of hydrogen-bond donors (Lipinski definition) is 3. The molecule has 0 fully saturated rings. The minimum atomic E-state index is -0.272. The van der Waals surface area contributed by atoms with Crippen LogP contribution >= 0.6 is 11.8 Å². The van der Waals surface area contributed by atoms with Crippen LogP contribution in [0, 0.1) is 6.92 Å². The highest BCUT2D eigenvalue weighted by molar-refractivity contribution is 7.99. The van der Waals surface area contributed by atoms with Crippen LogP contribution < -0.4 is 17.0 Å². The molecule has 0 aliphatic heterocycles. The van der Waals surface area contributed by atoms with Gasteiger partial charge in [0.25, 0.3) is 5.56 Å². The van der Waals surface area contributed by atoms with Crippen molar-refractivity contribution in [1.82, 2.24) is 9.97 Å². The van der Waals surface area contributed by atoms with Gasteiger partial charge in [-0.1, -0.05) is 12.1 Å². The van der Waals surface area contributed by atoms with E-state index in [1.54, 1.807) is 0 Å². The van der Waals surface area contributed by atoms with E-state index < -0.39 is 0 Å². The monoisotopic (exact) mass is 248 g/mol. The van der Waals surface area contributed by atoms with Gasteiger partial charge in [-0.15, -0.1) is 0 Å². The van der Waals surface area contributed by atoms with E-state index in [1.807, 2.05) is 25.1 Å². The first-order chi connectivity index (χ1) is 8.06. The average molecular weight is 248 g/mol. The fourth-order valence-corrected chi connectivity index (χ4v) is 2.28. The van der Waals surface area contributed by atoms with Crippen LogP contribution in [0.1, 0.15) is 5.56 Å². The Balaban J connectivity index is 2.38. The topological polar surface area (TPSA) is 97.8 Å². The maximum absolute atomic E-state index is 11.2. The van der Waals surface area contributed by atoms with Gasteiger partial charge in [-0.25, -0.2) is 4.98 Å². The van der Waals surface area contributed by atoms with E-state index in [9.17, 15) is 4.79 Å². The predicted octanol–water partition coefficient (Wildman–Crippen LogP) is 1.39. The number of aromatic amines is 1. The quantitative estimate of drug-likeness (QED) is 0.551. The summed E-state index contributed by atoms with van der Waals surface area (Å²) in [6.07, 6.45) is 0. The fourth-order valence-electron chi connectivity index (χ4n) is 1.35. The molecule has 1 aromatic heterocycles. The Hall–Kier alpha value is -1.95. The van der Waals surface area contributed by atoms with Gasteiger partial charge in [0.1, 0.15) is 5.82 Å². The third kappa shape index (κ3) is 2.59. The lowest BCUT2D eigenvalue weighted by molar-refractivity contribution is 0.945. The fraction of sp³-hybridized carbons (Fsp3) is 0.0909. The molecule has 17 heavy (non-hydrogen) atoms. The molecule has 0 radical (unpaired) electrons. The molecule has 1 heterocycles. The van der Waals surface area contributed by atoms with Crippen LogP contribution in [-0.4, -0.2) is 9.97 Å². The molecule has 0 aliphatic rings. The van der Waals surface area contributed by atoms with Gasteiger partial charge in [-0.05, 0) is 30.3 Å². The third-order valence-electron chi connectivity index (χ3n) is 2.23. The summed E-state index contributed by atoms with van der Waals surface area (Å²) >= 11 is 1.29. The second kappa shape index (κ2) is 4.50. The lowest BCUT2D eigenvalue weighted by Crippen LogP contribution is -2.09. The SMILES string of the molecule is Cc1cccc(Sc2nc(N)cc(=O)[nH]2)c1N. The van der Waals surface area contributed by atoms with Gasteiger partial charge >= 0.3 is 0 Å². The van der Waals surface area contributed by atoms with Crippen molar-refractivity contribution in [2.24, 2.45) is 0 Å². The Labute approximate surface area is 102 Å². The van der Waals surface area contributed by atoms with Gasteiger partial charge in [0.2, 0.25) is 0 Å². The van der Waals surface area contributed by atoms with E-state index in [1.165, 1.54) is 17.8 Å². The van der Waals surface area contributed by atoms with Crippen molar-refractivity contribution < 1.29 is 0 Å². The van der Waals surface area contributed by atoms with Crippen LogP contribution in [-0.2, 0) is 0 Å². The zero-order valence-corrected chi connectivity index (χ0v) is 10.0. The molecule has 0 spiro atoms. The number of nitrogen functional groups attached to an aromatic ring is 2. The van der Waals surface area contributed by atoms with Crippen molar-refractivity contribution in [2.45, 2.75) is 17.0 Å². The minimum Gasteiger partial charge on any atom is -0.398 e. The number of hydrogen-bond acceptors (Lipinski definition) is 5. The highest BCUT2D eigenvalue weighted by Gasteiger charge is 2.06. The average Bonchev–Trinajstić information content (AvgIpc) is 2.23. The van der Waals surface area contributed by atoms with Gasteiger partial charge in [0.15, 0.2) is 5.16 Å². The van der Waals surface area contributed by atoms with Crippen molar-refractivity contribution in [1.29, 1.82) is 0 Å². The van der Waals surface area contributed by atoms with Crippen LogP contribution in [0.5, 0.6) is 0 Å². The molecule has 5 N–H and O–H groups in total. The molecule has 5 nitrogen and oxygen atoms in total. The highest BCUT2D eigenvalue weighted by atomic mass is 32.2. The smallest absolute Gasteiger partial charge is 0.253 e. The summed E-state index contributed by atoms with van der Waals surface area (Å²) in [6, 6.07) is 6.94. The van der Waals surface area contributed by atoms with Gasteiger partial charge in [0.05, 0.1) is 0 Å². The number of nitrogens with zero attached hydrogens (tertiary/aromatic N) is 1. The van der Waals surface area contributed by atoms with Gasteiger partial charge in [0, 0.05) is 16.6 Å². The first-order valence-electron chi connectivity index (χ1n) is 4.96. The van der Waals surface area contributed by atoms with E-state index in [4.69, 9.17) is 11.5 Å². The Morgan fingerprint density at radius 1 is 1.35 bits per heavy atom. The van der Waals surface area contributed by atoms with Gasteiger partial charge < -0.3 is 16.5 Å². The maximum atomic E-state index is 11.2. The first-order valence-corrected chi connectivity index (χ1v) is 5.77. The van der Waals surface area contributed by atoms with Crippen molar-refractivity contribution >= 4 is 23.3 Å². The Morgan fingerprint density at radius 3 is 2.82 bits per heavy atom. The molecule has 0 saturated heterocycles. The molecule has 0 bridgehead atoms. The van der Waals surface area contributed by atoms with Crippen molar-refractivity contribution in [3.8, 4) is 0 Å². The number of H-pyrrole nitrogens is 1. The van der Waals surface area contributed by atoms with E-state index in [0.717, 1.165) is 10.5 Å². The van der Waals surface area contributed by atoms with Crippen molar-refractivity contribution in [2.75, 3.05) is 11.5 Å². The summed E-state index contributed by atoms with van der Waals surface area (Å²) < 4.78 is 0. The minimum absolute atomic E-state index is 0.197. The molecule has 88 valence electrons. The summed E-state index contributed by atoms with van der Waals surface area (Å²) in [5.41, 5.74) is 12.8. The number of para-hydroxylation sites is 1. The van der Waals surface area contributed by atoms with Crippen LogP contribution in [0.25, 0.3) is 0 Å². The molecule has 1 aromatic carbocycles. The van der Waals surface area contributed by atoms with E-state index in [2.05, 4.69) is 9.97 Å². The van der Waals surface area contributed by atoms with E-state index >= 15 is 0 Å². The molecule has 6 heteroatoms. The molecule has 0 saturated carbocycles. The highest BCUT2D eigenvalue weighted by Crippen LogP contribution is 2.31. The number of nitrogens with one attached hydrogen (secondary N) is 1. The molecule has 2 rings (SSSR count). The predicted molar refractivity (Wildman–Crippen MR) is 69.0 cm³/mol. The van der Waals surface area contributed by atoms with Crippen LogP contribution in [0.4, 0.5) is 11.5 Å². The molecule has 0 atom stereocenters. The molecule has 0 amide bonds. The molecular formula is C11H12N4OS. The van der Waals surface area contributed by atoms with Crippen molar-refractivity contribution in [3.63, 3.8) is 0 Å². The third-order valence-corrected chi connectivity index (χ3v) is 3.19. The normalized spacial score (nSPS) is 10.4. The number of anilines is 2. The number of aromatic nitrogens is 2. The molecule has 0 aliphatic carbocycles. The summed E-state index contributed by atoms with van der Waals surface area (Å²) in [5.74, 6) is 0.197. The Bertz CT molecular complexity index is 609. The standard InChI is InChI=1S/C11H12N4OS/c1-6-3-2-4-7(10(6)13)17-11-14-8(12)5-9(16)15-11/h2-5H,13H2,1H3,(H3,12,14,15,16). The van der Waals surface area contributed by atoms with E-state index in [0.29, 0.717) is 10.8 Å². The second-order valence-corrected chi connectivity index (χ2v) is 4.59. The molecule has 2 aromatic rings. The summed E-state index contributed by atoms with van der Waals surface area (Å²) in [7, 11) is 0. The van der Waals surface area contributed by atoms with Crippen LogP contribution in [0.2, 0.25) is 0 Å². The number of rotatable bonds is 2. The molecular weight excluding hydrogens is 236 g/mol. The summed E-state index contributed by atoms with van der Waals surface area (Å²) in [4.78, 5) is 18.7. The zero-order valence-electron chi connectivity index (χ0n) is 9.23. The number of nitrogens with two attached hydrogens (primary N) is 2. The van der Waals surface area contributed by atoms with Crippen LogP contribution in [0.3, 0.4) is 0 Å². The van der Waals surface area contributed by atoms with E-state index in [-0.39, 0.29) is 11.4 Å². The summed E-state index contributed by atoms with van der Waals surface area (Å²) in [6.45, 7) is 1.93. The number of benzene rings is 1. The Kier molecular flexibility index (Phi) is 3.06. The lowest BCUT2D eigenvalue weighted by Gasteiger charge is -2.07. The first kappa shape index (κ1) is 11.5.